The molecule has 3 rings (SSSR count). The van der Waals surface area contributed by atoms with Crippen LogP contribution in [0.2, 0.25) is 0 Å². The summed E-state index contributed by atoms with van der Waals surface area (Å²) in [6.07, 6.45) is 0. The van der Waals surface area contributed by atoms with Gasteiger partial charge >= 0.3 is 5.76 Å². The number of hydrogen-bond acceptors (Lipinski definition) is 6. The number of H-pyrrole nitrogens is 1. The van der Waals surface area contributed by atoms with Crippen molar-refractivity contribution in [3.05, 3.63) is 34.6 Å². The van der Waals surface area contributed by atoms with Gasteiger partial charge < -0.3 is 10.2 Å². The van der Waals surface area contributed by atoms with Gasteiger partial charge in [-0.2, -0.15) is 0 Å². The Morgan fingerprint density at radius 1 is 1.33 bits per heavy atom. The SMILES string of the molecule is Cc1nnc(-c2ccc3oc(=O)[nH]c3c2)c(N)n1. The Bertz CT molecular complexity index is 789. The summed E-state index contributed by atoms with van der Waals surface area (Å²) in [6, 6.07) is 5.14. The monoisotopic (exact) mass is 243 g/mol. The molecular weight excluding hydrogens is 234 g/mol. The van der Waals surface area contributed by atoms with Gasteiger partial charge in [-0.05, 0) is 25.1 Å². The molecule has 0 aliphatic rings. The molecule has 2 heterocycles. The lowest BCUT2D eigenvalue weighted by Crippen LogP contribution is -2.02. The van der Waals surface area contributed by atoms with E-state index in [2.05, 4.69) is 20.2 Å². The Morgan fingerprint density at radius 3 is 2.94 bits per heavy atom. The third-order valence-corrected chi connectivity index (χ3v) is 2.51. The number of nitrogen functional groups attached to an aromatic ring is 1. The lowest BCUT2D eigenvalue weighted by molar-refractivity contribution is 0.555. The van der Waals surface area contributed by atoms with E-state index in [0.29, 0.717) is 28.4 Å². The van der Waals surface area contributed by atoms with Gasteiger partial charge in [0.15, 0.2) is 11.4 Å². The van der Waals surface area contributed by atoms with E-state index in [-0.39, 0.29) is 0 Å². The van der Waals surface area contributed by atoms with Crippen LogP contribution in [-0.4, -0.2) is 20.2 Å². The molecule has 0 atom stereocenters. The van der Waals surface area contributed by atoms with Crippen LogP contribution >= 0.6 is 0 Å². The summed E-state index contributed by atoms with van der Waals surface area (Å²) in [5.74, 6) is 0.310. The van der Waals surface area contributed by atoms with E-state index < -0.39 is 5.76 Å². The number of aryl methyl sites for hydroxylation is 1. The fourth-order valence-corrected chi connectivity index (χ4v) is 1.73. The van der Waals surface area contributed by atoms with E-state index in [1.807, 2.05) is 0 Å². The van der Waals surface area contributed by atoms with Gasteiger partial charge in [0.1, 0.15) is 11.5 Å². The number of aromatic amines is 1. The largest absolute Gasteiger partial charge is 0.417 e. The molecular formula is C11H9N5O2. The highest BCUT2D eigenvalue weighted by Crippen LogP contribution is 2.24. The van der Waals surface area contributed by atoms with Crippen LogP contribution in [0, 0.1) is 6.92 Å². The summed E-state index contributed by atoms with van der Waals surface area (Å²) in [5.41, 5.74) is 8.05. The summed E-state index contributed by atoms with van der Waals surface area (Å²) in [5, 5.41) is 7.87. The Hall–Kier alpha value is -2.70. The molecule has 3 N–H and O–H groups in total. The molecule has 0 fully saturated rings. The second-order valence-corrected chi connectivity index (χ2v) is 3.82. The summed E-state index contributed by atoms with van der Waals surface area (Å²) in [6.45, 7) is 1.71. The van der Waals surface area contributed by atoms with Crippen molar-refractivity contribution in [3.8, 4) is 11.3 Å². The van der Waals surface area contributed by atoms with E-state index >= 15 is 0 Å². The average Bonchev–Trinajstić information content (AvgIpc) is 2.68. The maximum atomic E-state index is 11.1. The minimum Gasteiger partial charge on any atom is -0.408 e. The van der Waals surface area contributed by atoms with E-state index in [0.717, 1.165) is 5.56 Å². The highest BCUT2D eigenvalue weighted by atomic mass is 16.4. The predicted octanol–water partition coefficient (Wildman–Crippen LogP) is 0.864. The van der Waals surface area contributed by atoms with Gasteiger partial charge in [-0.15, -0.1) is 10.2 Å². The number of benzene rings is 1. The smallest absolute Gasteiger partial charge is 0.408 e. The van der Waals surface area contributed by atoms with Gasteiger partial charge in [0.2, 0.25) is 0 Å². The molecule has 3 aromatic rings. The van der Waals surface area contributed by atoms with Crippen LogP contribution in [-0.2, 0) is 0 Å². The van der Waals surface area contributed by atoms with E-state index in [1.54, 1.807) is 25.1 Å². The van der Waals surface area contributed by atoms with Gasteiger partial charge in [-0.25, -0.2) is 9.78 Å². The van der Waals surface area contributed by atoms with Crippen molar-refractivity contribution in [3.63, 3.8) is 0 Å². The van der Waals surface area contributed by atoms with Crippen LogP contribution in [0.5, 0.6) is 0 Å². The molecule has 0 saturated carbocycles. The van der Waals surface area contributed by atoms with Crippen LogP contribution in [0.3, 0.4) is 0 Å². The molecule has 0 amide bonds. The molecule has 7 nitrogen and oxygen atoms in total. The minimum absolute atomic E-state index is 0.299. The van der Waals surface area contributed by atoms with Crippen LogP contribution in [0.15, 0.2) is 27.4 Å². The molecule has 2 aromatic heterocycles. The second-order valence-electron chi connectivity index (χ2n) is 3.82. The summed E-state index contributed by atoms with van der Waals surface area (Å²) >= 11 is 0. The lowest BCUT2D eigenvalue weighted by atomic mass is 10.1. The first-order chi connectivity index (χ1) is 8.63. The minimum atomic E-state index is -0.497. The first kappa shape index (κ1) is 10.5. The van der Waals surface area contributed by atoms with E-state index in [4.69, 9.17) is 10.2 Å². The van der Waals surface area contributed by atoms with Crippen molar-refractivity contribution >= 4 is 16.9 Å². The van der Waals surface area contributed by atoms with Crippen LogP contribution in [0.4, 0.5) is 5.82 Å². The van der Waals surface area contributed by atoms with Crippen molar-refractivity contribution in [2.75, 3.05) is 5.73 Å². The summed E-state index contributed by atoms with van der Waals surface area (Å²) < 4.78 is 4.91. The van der Waals surface area contributed by atoms with E-state index in [9.17, 15) is 4.79 Å². The molecule has 7 heteroatoms. The maximum Gasteiger partial charge on any atom is 0.417 e. The number of aromatic nitrogens is 4. The number of nitrogens with one attached hydrogen (secondary N) is 1. The predicted molar refractivity (Wildman–Crippen MR) is 64.8 cm³/mol. The Morgan fingerprint density at radius 2 is 2.17 bits per heavy atom. The number of fused-ring (bicyclic) bond motifs is 1. The van der Waals surface area contributed by atoms with Gasteiger partial charge in [0.05, 0.1) is 5.52 Å². The van der Waals surface area contributed by atoms with Crippen molar-refractivity contribution in [1.82, 2.24) is 20.2 Å². The molecule has 0 spiro atoms. The standard InChI is InChI=1S/C11H9N5O2/c1-5-13-10(12)9(16-15-5)6-2-3-8-7(4-6)14-11(17)18-8/h2-4H,1H3,(H,14,17)(H2,12,13,15). The third-order valence-electron chi connectivity index (χ3n) is 2.51. The van der Waals surface area contributed by atoms with Gasteiger partial charge in [0, 0.05) is 5.56 Å². The Balaban J connectivity index is 2.21. The average molecular weight is 243 g/mol. The molecule has 0 bridgehead atoms. The molecule has 0 aliphatic carbocycles. The first-order valence-electron chi connectivity index (χ1n) is 5.23. The van der Waals surface area contributed by atoms with Gasteiger partial charge in [0.25, 0.3) is 0 Å². The van der Waals surface area contributed by atoms with Crippen LogP contribution in [0.25, 0.3) is 22.4 Å². The van der Waals surface area contributed by atoms with Gasteiger partial charge in [-0.1, -0.05) is 0 Å². The highest BCUT2D eigenvalue weighted by Gasteiger charge is 2.09. The van der Waals surface area contributed by atoms with Crippen LogP contribution < -0.4 is 11.5 Å². The lowest BCUT2D eigenvalue weighted by Gasteiger charge is -2.03. The quantitative estimate of drug-likeness (QED) is 0.655. The zero-order chi connectivity index (χ0) is 12.7. The summed E-state index contributed by atoms with van der Waals surface area (Å²) in [7, 11) is 0. The summed E-state index contributed by atoms with van der Waals surface area (Å²) in [4.78, 5) is 17.7. The molecule has 0 saturated heterocycles. The second kappa shape index (κ2) is 3.66. The number of hydrogen-bond donors (Lipinski definition) is 2. The Kier molecular flexibility index (Phi) is 2.12. The third kappa shape index (κ3) is 1.61. The molecule has 1 aromatic carbocycles. The zero-order valence-corrected chi connectivity index (χ0v) is 9.47. The highest BCUT2D eigenvalue weighted by molar-refractivity contribution is 5.81. The topological polar surface area (TPSA) is 111 Å². The van der Waals surface area contributed by atoms with Crippen molar-refractivity contribution in [1.29, 1.82) is 0 Å². The first-order valence-corrected chi connectivity index (χ1v) is 5.23. The molecule has 0 aliphatic heterocycles. The normalized spacial score (nSPS) is 10.9. The fourth-order valence-electron chi connectivity index (χ4n) is 1.73. The molecule has 90 valence electrons. The number of rotatable bonds is 1. The number of oxazole rings is 1. The molecule has 0 unspecified atom stereocenters. The van der Waals surface area contributed by atoms with Crippen molar-refractivity contribution < 1.29 is 4.42 Å². The van der Waals surface area contributed by atoms with Crippen molar-refractivity contribution in [2.24, 2.45) is 0 Å². The Labute approximate surface area is 101 Å². The van der Waals surface area contributed by atoms with Crippen molar-refractivity contribution in [2.45, 2.75) is 6.92 Å². The van der Waals surface area contributed by atoms with E-state index in [1.165, 1.54) is 0 Å². The number of nitrogens with zero attached hydrogens (tertiary/aromatic N) is 3. The maximum absolute atomic E-state index is 11.1. The van der Waals surface area contributed by atoms with Crippen LogP contribution in [0.1, 0.15) is 5.82 Å². The van der Waals surface area contributed by atoms with Gasteiger partial charge in [-0.3, -0.25) is 4.98 Å². The fraction of sp³-hybridized carbons (Fsp3) is 0.0909. The zero-order valence-electron chi connectivity index (χ0n) is 9.47. The number of nitrogens with two attached hydrogens (primary N) is 1. The molecule has 0 radical (unpaired) electrons. The molecule has 18 heavy (non-hydrogen) atoms. The number of anilines is 1.